The summed E-state index contributed by atoms with van der Waals surface area (Å²) in [5, 5.41) is 7.10. The molecule has 1 aromatic carbocycles. The number of piperazine rings is 1. The zero-order valence-electron chi connectivity index (χ0n) is 19.5. The molecule has 2 saturated heterocycles. The van der Waals surface area contributed by atoms with Gasteiger partial charge in [-0.25, -0.2) is 0 Å². The molecule has 4 rings (SSSR count). The van der Waals surface area contributed by atoms with Crippen molar-refractivity contribution in [1.29, 1.82) is 0 Å². The molecule has 2 heterocycles. The lowest BCUT2D eigenvalue weighted by molar-refractivity contribution is -0.140. The van der Waals surface area contributed by atoms with Gasteiger partial charge in [0.25, 0.3) is 0 Å². The van der Waals surface area contributed by atoms with Crippen LogP contribution in [0.5, 0.6) is 0 Å². The van der Waals surface area contributed by atoms with Gasteiger partial charge in [0.2, 0.25) is 11.8 Å². The van der Waals surface area contributed by atoms with Gasteiger partial charge >= 0.3 is 0 Å². The van der Waals surface area contributed by atoms with Crippen molar-refractivity contribution in [3.05, 3.63) is 28.3 Å². The van der Waals surface area contributed by atoms with Gasteiger partial charge in [-0.2, -0.15) is 0 Å². The molecule has 0 aromatic heterocycles. The second kappa shape index (κ2) is 10.5. The van der Waals surface area contributed by atoms with Crippen LogP contribution >= 0.6 is 11.6 Å². The summed E-state index contributed by atoms with van der Waals surface area (Å²) < 4.78 is 0. The zero-order valence-corrected chi connectivity index (χ0v) is 20.2. The Labute approximate surface area is 197 Å². The van der Waals surface area contributed by atoms with Crippen LogP contribution in [-0.4, -0.2) is 59.9 Å². The van der Waals surface area contributed by atoms with Crippen LogP contribution in [0.4, 0.5) is 5.69 Å². The first kappa shape index (κ1) is 23.5. The molecule has 1 aromatic rings. The highest BCUT2D eigenvalue weighted by Crippen LogP contribution is 2.30. The molecule has 0 bridgehead atoms. The third-order valence-electron chi connectivity index (χ3n) is 7.44. The molecule has 0 radical (unpaired) electrons. The van der Waals surface area contributed by atoms with Crippen LogP contribution in [-0.2, 0) is 16.1 Å². The van der Waals surface area contributed by atoms with Crippen molar-refractivity contribution in [3.63, 3.8) is 0 Å². The first-order valence-corrected chi connectivity index (χ1v) is 12.6. The van der Waals surface area contributed by atoms with Crippen LogP contribution in [0.15, 0.2) is 12.1 Å². The fraction of sp³-hybridized carbons (Fsp3) is 0.680. The molecule has 1 aliphatic carbocycles. The summed E-state index contributed by atoms with van der Waals surface area (Å²) >= 11 is 6.42. The van der Waals surface area contributed by atoms with Gasteiger partial charge in [0.05, 0.1) is 0 Å². The van der Waals surface area contributed by atoms with Gasteiger partial charge < -0.3 is 15.5 Å². The van der Waals surface area contributed by atoms with E-state index >= 15 is 0 Å². The van der Waals surface area contributed by atoms with Crippen LogP contribution in [0.3, 0.4) is 0 Å². The second-order valence-corrected chi connectivity index (χ2v) is 10.3. The van der Waals surface area contributed by atoms with E-state index in [0.29, 0.717) is 17.4 Å². The summed E-state index contributed by atoms with van der Waals surface area (Å²) in [7, 11) is 0. The van der Waals surface area contributed by atoms with Crippen LogP contribution in [0.1, 0.15) is 63.0 Å². The summed E-state index contributed by atoms with van der Waals surface area (Å²) in [6.07, 6.45) is 7.17. The Bertz CT molecular complexity index is 833. The number of hydrogen-bond donors (Lipinski definition) is 2. The number of nitrogens with one attached hydrogen (secondary N) is 2. The molecular formula is C25H37ClN4O2. The van der Waals surface area contributed by atoms with Crippen molar-refractivity contribution in [3.8, 4) is 0 Å². The topological polar surface area (TPSA) is 64.7 Å². The minimum atomic E-state index is 0.0355. The molecule has 2 amide bonds. The lowest BCUT2D eigenvalue weighted by Crippen LogP contribution is -2.54. The van der Waals surface area contributed by atoms with E-state index in [-0.39, 0.29) is 23.9 Å². The molecular weight excluding hydrogens is 424 g/mol. The molecule has 2 unspecified atom stereocenters. The Hall–Kier alpha value is -1.63. The Balaban J connectivity index is 1.36. The van der Waals surface area contributed by atoms with E-state index in [2.05, 4.69) is 34.3 Å². The van der Waals surface area contributed by atoms with E-state index in [0.717, 1.165) is 75.2 Å². The maximum absolute atomic E-state index is 12.9. The van der Waals surface area contributed by atoms with Gasteiger partial charge in [0, 0.05) is 61.3 Å². The fourth-order valence-corrected chi connectivity index (χ4v) is 5.78. The molecule has 2 N–H and O–H groups in total. The third kappa shape index (κ3) is 5.64. The minimum absolute atomic E-state index is 0.0355. The Kier molecular flexibility index (Phi) is 7.74. The van der Waals surface area contributed by atoms with E-state index in [4.69, 9.17) is 11.6 Å². The number of nitrogens with zero attached hydrogens (tertiary/aromatic N) is 2. The predicted molar refractivity (Wildman–Crippen MR) is 129 cm³/mol. The second-order valence-electron chi connectivity index (χ2n) is 9.88. The lowest BCUT2D eigenvalue weighted by atomic mass is 10.0. The van der Waals surface area contributed by atoms with Crippen molar-refractivity contribution in [2.45, 2.75) is 77.4 Å². The summed E-state index contributed by atoms with van der Waals surface area (Å²) in [6, 6.07) is 4.35. The minimum Gasteiger partial charge on any atom is -0.337 e. The average Bonchev–Trinajstić information content (AvgIpc) is 3.45. The summed E-state index contributed by atoms with van der Waals surface area (Å²) in [4.78, 5) is 29.9. The van der Waals surface area contributed by atoms with Crippen molar-refractivity contribution in [2.75, 3.05) is 31.5 Å². The number of amides is 2. The number of rotatable bonds is 6. The van der Waals surface area contributed by atoms with E-state index in [1.807, 2.05) is 12.1 Å². The Morgan fingerprint density at radius 1 is 1.16 bits per heavy atom. The van der Waals surface area contributed by atoms with Crippen molar-refractivity contribution < 1.29 is 9.59 Å². The van der Waals surface area contributed by atoms with Gasteiger partial charge in [0.15, 0.2) is 0 Å². The summed E-state index contributed by atoms with van der Waals surface area (Å²) in [6.45, 7) is 8.49. The maximum atomic E-state index is 12.9. The first-order chi connectivity index (χ1) is 15.4. The molecule has 32 heavy (non-hydrogen) atoms. The van der Waals surface area contributed by atoms with Crippen molar-refractivity contribution >= 4 is 29.1 Å². The number of carbonyl (C=O) groups excluding carboxylic acids is 2. The van der Waals surface area contributed by atoms with Crippen LogP contribution in [0.25, 0.3) is 0 Å². The maximum Gasteiger partial charge on any atom is 0.226 e. The van der Waals surface area contributed by atoms with E-state index in [1.165, 1.54) is 12.8 Å². The largest absolute Gasteiger partial charge is 0.337 e. The molecule has 176 valence electrons. The van der Waals surface area contributed by atoms with Gasteiger partial charge in [-0.05, 0) is 69.3 Å². The molecule has 2 aliphatic heterocycles. The molecule has 1 saturated carbocycles. The fourth-order valence-electron chi connectivity index (χ4n) is 5.54. The zero-order chi connectivity index (χ0) is 22.7. The number of anilines is 1. The Morgan fingerprint density at radius 3 is 2.62 bits per heavy atom. The molecule has 3 aliphatic rings. The van der Waals surface area contributed by atoms with Gasteiger partial charge in [-0.1, -0.05) is 24.4 Å². The quantitative estimate of drug-likeness (QED) is 0.674. The third-order valence-corrected chi connectivity index (χ3v) is 7.66. The average molecular weight is 461 g/mol. The number of halogens is 1. The summed E-state index contributed by atoms with van der Waals surface area (Å²) in [5.41, 5.74) is 3.01. The van der Waals surface area contributed by atoms with Gasteiger partial charge in [-0.15, -0.1) is 0 Å². The van der Waals surface area contributed by atoms with Crippen molar-refractivity contribution in [1.82, 2.24) is 15.1 Å². The monoisotopic (exact) mass is 460 g/mol. The molecule has 7 heteroatoms. The summed E-state index contributed by atoms with van der Waals surface area (Å²) in [5.74, 6) is 0.633. The van der Waals surface area contributed by atoms with E-state index in [1.54, 1.807) is 0 Å². The van der Waals surface area contributed by atoms with E-state index in [9.17, 15) is 9.59 Å². The normalized spacial score (nSPS) is 24.8. The van der Waals surface area contributed by atoms with Crippen molar-refractivity contribution in [2.24, 2.45) is 5.92 Å². The van der Waals surface area contributed by atoms with Gasteiger partial charge in [0.1, 0.15) is 0 Å². The van der Waals surface area contributed by atoms with Crippen LogP contribution in [0.2, 0.25) is 5.02 Å². The highest BCUT2D eigenvalue weighted by atomic mass is 35.5. The number of carbonyl (C=O) groups is 2. The first-order valence-electron chi connectivity index (χ1n) is 12.3. The standard InChI is InChI=1S/C25H37ClN4O2/c1-17-15-29(10-11-30(17)25(32)19-6-3-4-7-19)16-20-12-21(26)13-23(18(20)2)28-24(31)14-22-8-5-9-27-22/h12-13,17,19,22,27H,3-11,14-16H2,1-2H3,(H,28,31). The Morgan fingerprint density at radius 2 is 1.94 bits per heavy atom. The highest BCUT2D eigenvalue weighted by molar-refractivity contribution is 6.31. The van der Waals surface area contributed by atoms with Crippen LogP contribution < -0.4 is 10.6 Å². The molecule has 6 nitrogen and oxygen atoms in total. The molecule has 2 atom stereocenters. The SMILES string of the molecule is Cc1c(CN2CCN(C(=O)C3CCCC3)C(C)C2)cc(Cl)cc1NC(=O)CC1CCCN1. The van der Waals surface area contributed by atoms with Crippen LogP contribution in [0, 0.1) is 12.8 Å². The lowest BCUT2D eigenvalue weighted by Gasteiger charge is -2.41. The smallest absolute Gasteiger partial charge is 0.226 e. The van der Waals surface area contributed by atoms with E-state index < -0.39 is 0 Å². The predicted octanol–water partition coefficient (Wildman–Crippen LogP) is 3.95. The highest BCUT2D eigenvalue weighted by Gasteiger charge is 2.33. The molecule has 3 fully saturated rings. The number of hydrogen-bond acceptors (Lipinski definition) is 4. The van der Waals surface area contributed by atoms with Gasteiger partial charge in [-0.3, -0.25) is 14.5 Å². The molecule has 0 spiro atoms. The number of benzene rings is 1.